The Bertz CT molecular complexity index is 2810. The third kappa shape index (κ3) is 5.84. The number of hydrogen-bond donors (Lipinski definition) is 0. The molecule has 0 saturated heterocycles. The minimum atomic E-state index is -4.63. The van der Waals surface area contributed by atoms with Crippen LogP contribution in [0.3, 0.4) is 0 Å². The maximum Gasteiger partial charge on any atom is -0.0185 e. The maximum absolute atomic E-state index is 14.5. The van der Waals surface area contributed by atoms with E-state index in [0.29, 0.717) is 44.4 Å². The molecule has 0 amide bonds. The molecule has 0 fully saturated rings. The van der Waals surface area contributed by atoms with Gasteiger partial charge in [0.25, 0.3) is 0 Å². The van der Waals surface area contributed by atoms with Crippen LogP contribution in [0.25, 0.3) is 76.5 Å². The van der Waals surface area contributed by atoms with Crippen molar-refractivity contribution < 1.29 is 17.9 Å². The number of fused-ring (bicyclic) bond motifs is 5. The van der Waals surface area contributed by atoms with Crippen LogP contribution in [-0.2, 0) is 6.18 Å². The molecule has 0 spiro atoms. The smallest absolute Gasteiger partial charge is 0.0185 e. The molecule has 54 heavy (non-hydrogen) atoms. The first-order chi connectivity index (χ1) is 25.6. The minimum Gasteiger partial charge on any atom is -0.0610 e. The van der Waals surface area contributed by atoms with Crippen LogP contribution >= 0.6 is 11.3 Å². The molecule has 0 N–H and O–H groups in total. The van der Waals surface area contributed by atoms with Crippen molar-refractivity contribution in [2.24, 2.45) is 0 Å². The predicted molar refractivity (Wildman–Crippen MR) is 223 cm³/mol. The van der Waals surface area contributed by atoms with Gasteiger partial charge in [0.05, 0.1) is 13.8 Å². The van der Waals surface area contributed by atoms with Gasteiger partial charge in [0.2, 0.25) is 0 Å². The molecular weight excluding hydrogens is 776 g/mol. The van der Waals surface area contributed by atoms with Gasteiger partial charge in [-0.1, -0.05) is 55.2 Å². The minimum absolute atomic E-state index is 0.256. The molecular formula is C44H36F3GeN3OSSi. The topological polar surface area (TPSA) is 47.9 Å². The zero-order chi connectivity index (χ0) is 37.7. The first kappa shape index (κ1) is 34.9. The van der Waals surface area contributed by atoms with E-state index in [4.69, 9.17) is 9.72 Å². The van der Waals surface area contributed by atoms with Gasteiger partial charge in [0.15, 0.2) is 0 Å². The van der Waals surface area contributed by atoms with E-state index in [1.165, 1.54) is 9.58 Å². The molecule has 10 heteroatoms. The zero-order valence-electron chi connectivity index (χ0n) is 30.7. The van der Waals surface area contributed by atoms with Crippen molar-refractivity contribution in [1.29, 1.82) is 0 Å². The SMILES string of the molecule is C[Si](C)(C)c1cc(-c2ccccn2)cc2c(-c3cc4c(c5sc(C(F)(F)F)nc35)Oc3cc(-c5cc[c]([Ge]([CH3])([CH3])[CH3])cc5)cc5ccnc-4c35)cccc12. The van der Waals surface area contributed by atoms with E-state index in [9.17, 15) is 13.2 Å². The first-order valence-corrected chi connectivity index (χ1v) is 29.6. The van der Waals surface area contributed by atoms with E-state index >= 15 is 0 Å². The number of ether oxygens (including phenoxy) is 1. The quantitative estimate of drug-likeness (QED) is 0.162. The van der Waals surface area contributed by atoms with Gasteiger partial charge in [-0.25, -0.2) is 0 Å². The number of hydrogen-bond acceptors (Lipinski definition) is 5. The molecule has 0 bridgehead atoms. The second-order valence-electron chi connectivity index (χ2n) is 16.0. The molecule has 4 heterocycles. The number of nitrogens with zero attached hydrogens (tertiary/aromatic N) is 3. The fourth-order valence-electron chi connectivity index (χ4n) is 7.59. The Morgan fingerprint density at radius 2 is 1.50 bits per heavy atom. The summed E-state index contributed by atoms with van der Waals surface area (Å²) in [6.45, 7) is 6.91. The van der Waals surface area contributed by atoms with E-state index in [1.54, 1.807) is 12.4 Å². The Morgan fingerprint density at radius 3 is 2.20 bits per heavy atom. The molecule has 5 aromatic carbocycles. The van der Waals surface area contributed by atoms with E-state index in [2.05, 4.69) is 95.4 Å². The summed E-state index contributed by atoms with van der Waals surface area (Å²) in [7, 11) is -1.91. The summed E-state index contributed by atoms with van der Waals surface area (Å²) in [5, 5.41) is 4.13. The van der Waals surface area contributed by atoms with Crippen molar-refractivity contribution in [3.63, 3.8) is 0 Å². The number of thiazole rings is 1. The molecule has 1 aliphatic heterocycles. The fraction of sp³-hybridized carbons (Fsp3) is 0.159. The largest absolute Gasteiger partial charge is 0.0610 e. The molecule has 8 aromatic rings. The second kappa shape index (κ2) is 12.3. The van der Waals surface area contributed by atoms with Crippen LogP contribution in [-0.4, -0.2) is 36.3 Å². The maximum atomic E-state index is 14.5. The zero-order valence-corrected chi connectivity index (χ0v) is 34.6. The van der Waals surface area contributed by atoms with E-state index in [-0.39, 0.29) is 5.52 Å². The fourth-order valence-corrected chi connectivity index (χ4v) is 12.6. The average Bonchev–Trinajstić information content (AvgIpc) is 3.61. The average molecular weight is 813 g/mol. The molecule has 0 unspecified atom stereocenters. The number of aromatic nitrogens is 3. The first-order valence-electron chi connectivity index (χ1n) is 17.9. The molecule has 0 radical (unpaired) electrons. The molecule has 0 saturated carbocycles. The van der Waals surface area contributed by atoms with Crippen molar-refractivity contribution in [2.45, 2.75) is 43.1 Å². The predicted octanol–water partition coefficient (Wildman–Crippen LogP) is 12.3. The van der Waals surface area contributed by atoms with Crippen molar-refractivity contribution >= 4 is 74.0 Å². The molecule has 0 atom stereocenters. The number of pyridine rings is 2. The van der Waals surface area contributed by atoms with Gasteiger partial charge in [0.1, 0.15) is 0 Å². The van der Waals surface area contributed by atoms with Gasteiger partial charge in [-0.05, 0) is 34.5 Å². The summed E-state index contributed by atoms with van der Waals surface area (Å²) in [6, 6.07) is 33.1. The van der Waals surface area contributed by atoms with Crippen LogP contribution in [0.15, 0.2) is 109 Å². The Labute approximate surface area is 319 Å². The second-order valence-corrected chi connectivity index (χ2v) is 32.7. The Hall–Kier alpha value is -4.84. The third-order valence-corrected chi connectivity index (χ3v) is 17.8. The molecule has 3 aromatic heterocycles. The third-order valence-electron chi connectivity index (χ3n) is 10.3. The number of rotatable bonds is 5. The van der Waals surface area contributed by atoms with Crippen LogP contribution in [0, 0.1) is 0 Å². The van der Waals surface area contributed by atoms with Gasteiger partial charge in [-0.3, -0.25) is 4.98 Å². The molecule has 4 nitrogen and oxygen atoms in total. The number of alkyl halides is 3. The summed E-state index contributed by atoms with van der Waals surface area (Å²) >= 11 is -1.39. The van der Waals surface area contributed by atoms with Gasteiger partial charge >= 0.3 is 187 Å². The van der Waals surface area contributed by atoms with Gasteiger partial charge < -0.3 is 0 Å². The summed E-state index contributed by atoms with van der Waals surface area (Å²) in [4.78, 5) is 13.8. The Balaban J connectivity index is 1.31. The molecule has 9 rings (SSSR count). The van der Waals surface area contributed by atoms with Gasteiger partial charge in [-0.15, -0.1) is 0 Å². The van der Waals surface area contributed by atoms with E-state index in [1.807, 2.05) is 48.5 Å². The van der Waals surface area contributed by atoms with Crippen molar-refractivity contribution in [3.8, 4) is 56.3 Å². The Kier molecular flexibility index (Phi) is 7.98. The summed E-state index contributed by atoms with van der Waals surface area (Å²) in [6.07, 6.45) is -1.09. The monoisotopic (exact) mass is 813 g/mol. The van der Waals surface area contributed by atoms with Crippen LogP contribution in [0.4, 0.5) is 13.2 Å². The van der Waals surface area contributed by atoms with Crippen molar-refractivity contribution in [1.82, 2.24) is 15.0 Å². The standard InChI is InChI=1S/C44H36F3GeN3OSSi/c1-48(2,3)29-15-13-25(14-16-29)27-20-26-17-19-50-39-34-24-33(40-42(53-43(51-40)44(45,46)47)41(34)52-36(22-27)38(26)39)30-10-9-11-31-32(30)21-28(23-37(31)54(4,5)6)35-12-7-8-18-49-35/h7-24H,1-6H3. The molecule has 0 aliphatic carbocycles. The van der Waals surface area contributed by atoms with Crippen molar-refractivity contribution in [2.75, 3.05) is 0 Å². The van der Waals surface area contributed by atoms with Crippen LogP contribution in [0.1, 0.15) is 5.01 Å². The molecule has 1 aliphatic rings. The van der Waals surface area contributed by atoms with E-state index < -0.39 is 32.5 Å². The van der Waals surface area contributed by atoms with Gasteiger partial charge in [-0.2, -0.15) is 13.2 Å². The van der Waals surface area contributed by atoms with Gasteiger partial charge in [0, 0.05) is 11.8 Å². The number of benzene rings is 5. The summed E-state index contributed by atoms with van der Waals surface area (Å²) in [5.74, 6) is 8.02. The van der Waals surface area contributed by atoms with E-state index in [0.717, 1.165) is 49.5 Å². The Morgan fingerprint density at radius 1 is 0.704 bits per heavy atom. The normalized spacial score (nSPS) is 13.1. The summed E-state index contributed by atoms with van der Waals surface area (Å²) in [5.41, 5.74) is 6.80. The molecule has 268 valence electrons. The van der Waals surface area contributed by atoms with Crippen LogP contribution < -0.4 is 14.3 Å². The van der Waals surface area contributed by atoms with Crippen LogP contribution in [0.5, 0.6) is 11.5 Å². The summed E-state index contributed by atoms with van der Waals surface area (Å²) < 4.78 is 52.1. The van der Waals surface area contributed by atoms with Crippen LogP contribution in [0.2, 0.25) is 36.9 Å². The van der Waals surface area contributed by atoms with Crippen molar-refractivity contribution in [3.05, 3.63) is 114 Å². The number of halogens is 3.